The van der Waals surface area contributed by atoms with Crippen molar-refractivity contribution in [2.24, 2.45) is 17.8 Å². The van der Waals surface area contributed by atoms with Crippen molar-refractivity contribution >= 4 is 39.5 Å². The van der Waals surface area contributed by atoms with Crippen molar-refractivity contribution in [2.75, 3.05) is 39.6 Å². The lowest BCUT2D eigenvalue weighted by molar-refractivity contribution is -0.161. The zero-order valence-corrected chi connectivity index (χ0v) is 56.1. The van der Waals surface area contributed by atoms with Gasteiger partial charge in [-0.15, -0.1) is 0 Å². The molecule has 0 heterocycles. The van der Waals surface area contributed by atoms with Gasteiger partial charge >= 0.3 is 39.5 Å². The topological polar surface area (TPSA) is 237 Å². The van der Waals surface area contributed by atoms with E-state index in [4.69, 9.17) is 37.0 Å². The van der Waals surface area contributed by atoms with Crippen LogP contribution in [-0.2, 0) is 65.4 Å². The fourth-order valence-electron chi connectivity index (χ4n) is 9.62. The van der Waals surface area contributed by atoms with Gasteiger partial charge in [-0.2, -0.15) is 0 Å². The van der Waals surface area contributed by atoms with Crippen LogP contribution in [0.15, 0.2) is 0 Å². The van der Waals surface area contributed by atoms with Crippen LogP contribution in [0.1, 0.15) is 318 Å². The van der Waals surface area contributed by atoms with Gasteiger partial charge in [0.25, 0.3) is 0 Å². The molecule has 0 saturated carbocycles. The molecule has 0 aliphatic carbocycles. The zero-order valence-electron chi connectivity index (χ0n) is 54.4. The molecule has 0 aliphatic rings. The lowest BCUT2D eigenvalue weighted by Gasteiger charge is -2.21. The van der Waals surface area contributed by atoms with Crippen molar-refractivity contribution < 1.29 is 80.2 Å². The Morgan fingerprint density at radius 1 is 0.345 bits per heavy atom. The Labute approximate surface area is 511 Å². The first-order valence-electron chi connectivity index (χ1n) is 33.9. The van der Waals surface area contributed by atoms with E-state index in [0.29, 0.717) is 25.7 Å². The summed E-state index contributed by atoms with van der Waals surface area (Å²) in [6.45, 7) is 11.7. The van der Waals surface area contributed by atoms with Gasteiger partial charge in [0.2, 0.25) is 0 Å². The summed E-state index contributed by atoms with van der Waals surface area (Å²) < 4.78 is 68.0. The summed E-state index contributed by atoms with van der Waals surface area (Å²) in [5, 5.41) is 10.5. The molecule has 3 unspecified atom stereocenters. The first-order valence-corrected chi connectivity index (χ1v) is 36.9. The summed E-state index contributed by atoms with van der Waals surface area (Å²) in [5.41, 5.74) is 0. The SMILES string of the molecule is CCCCCCCCCCC(=O)OC[C@H](COP(=O)(O)OC[C@H](O)COP(=O)(O)OC[C@@H](COC(=O)CCCCCCCCCCCCC(C)C)OC(=O)CCCCCCCCCCCCC(C)C)OC(=O)CCCCCCCCC(C)CC. The second kappa shape index (κ2) is 56.3. The number of unbranched alkanes of at least 4 members (excludes halogenated alkanes) is 30. The van der Waals surface area contributed by atoms with Crippen molar-refractivity contribution in [3.63, 3.8) is 0 Å². The van der Waals surface area contributed by atoms with Crippen LogP contribution >= 0.6 is 15.6 Å². The van der Waals surface area contributed by atoms with Gasteiger partial charge in [0.05, 0.1) is 26.4 Å². The minimum Gasteiger partial charge on any atom is -0.462 e. The molecule has 0 aromatic heterocycles. The minimum atomic E-state index is -4.95. The monoisotopic (exact) mass is 1240 g/mol. The number of carbonyl (C=O) groups excluding carboxylic acids is 4. The second-order valence-corrected chi connectivity index (χ2v) is 27.6. The molecule has 19 heteroatoms. The largest absolute Gasteiger partial charge is 0.472 e. The van der Waals surface area contributed by atoms with E-state index >= 15 is 0 Å². The first kappa shape index (κ1) is 82.1. The maximum absolute atomic E-state index is 13.0. The average molecular weight is 1240 g/mol. The van der Waals surface area contributed by atoms with Crippen LogP contribution in [0.5, 0.6) is 0 Å². The summed E-state index contributed by atoms with van der Waals surface area (Å²) >= 11 is 0. The molecule has 6 atom stereocenters. The fraction of sp³-hybridized carbons (Fsp3) is 0.938. The van der Waals surface area contributed by atoms with E-state index < -0.39 is 97.5 Å². The Kier molecular flexibility index (Phi) is 55.0. The smallest absolute Gasteiger partial charge is 0.462 e. The molecule has 498 valence electrons. The van der Waals surface area contributed by atoms with Crippen molar-refractivity contribution in [3.8, 4) is 0 Å². The highest BCUT2D eigenvalue weighted by Gasteiger charge is 2.30. The number of ether oxygens (including phenoxy) is 4. The van der Waals surface area contributed by atoms with Gasteiger partial charge in [-0.05, 0) is 43.4 Å². The molecule has 3 N–H and O–H groups in total. The number of phosphoric ester groups is 2. The minimum absolute atomic E-state index is 0.102. The Hall–Kier alpha value is -1.94. The maximum atomic E-state index is 13.0. The molecular weight excluding hydrogens is 1110 g/mol. The van der Waals surface area contributed by atoms with Crippen LogP contribution in [0.4, 0.5) is 0 Å². The predicted octanol–water partition coefficient (Wildman–Crippen LogP) is 17.9. The van der Waals surface area contributed by atoms with E-state index in [-0.39, 0.29) is 25.7 Å². The number of carbonyl (C=O) groups is 4. The van der Waals surface area contributed by atoms with Crippen molar-refractivity contribution in [3.05, 3.63) is 0 Å². The highest BCUT2D eigenvalue weighted by atomic mass is 31.2. The lowest BCUT2D eigenvalue weighted by atomic mass is 10.00. The summed E-state index contributed by atoms with van der Waals surface area (Å²) in [5.74, 6) is 0.0925. The van der Waals surface area contributed by atoms with E-state index in [9.17, 15) is 43.2 Å². The quantitative estimate of drug-likeness (QED) is 0.0222. The highest BCUT2D eigenvalue weighted by molar-refractivity contribution is 7.47. The maximum Gasteiger partial charge on any atom is 0.472 e. The number of hydrogen-bond donors (Lipinski definition) is 3. The molecule has 0 spiro atoms. The third-order valence-corrected chi connectivity index (χ3v) is 17.1. The molecule has 0 saturated heterocycles. The van der Waals surface area contributed by atoms with E-state index in [1.54, 1.807) is 0 Å². The van der Waals surface area contributed by atoms with Gasteiger partial charge in [0.1, 0.15) is 19.3 Å². The number of rotatable bonds is 63. The lowest BCUT2D eigenvalue weighted by Crippen LogP contribution is -2.30. The van der Waals surface area contributed by atoms with Gasteiger partial charge in [-0.1, -0.05) is 267 Å². The van der Waals surface area contributed by atoms with Crippen LogP contribution in [-0.4, -0.2) is 96.7 Å². The number of aliphatic hydroxyl groups is 1. The molecule has 0 bridgehead atoms. The van der Waals surface area contributed by atoms with Crippen LogP contribution in [0.25, 0.3) is 0 Å². The average Bonchev–Trinajstić information content (AvgIpc) is 3.54. The molecule has 17 nitrogen and oxygen atoms in total. The first-order chi connectivity index (χ1) is 40.3. The molecule has 0 amide bonds. The van der Waals surface area contributed by atoms with E-state index in [1.807, 2.05) is 0 Å². The third kappa shape index (κ3) is 57.8. The normalized spacial score (nSPS) is 14.7. The zero-order chi connectivity index (χ0) is 62.4. The standard InChI is InChI=1S/C65H126O17P2/c1-8-10-11-12-13-24-32-39-46-62(67)75-53-61(82-65(70)49-42-35-28-27-31-38-45-58(7)9-2)55-80-84(73,74)78-51-59(66)50-77-83(71,72)79-54-60(81-64(69)48-41-34-26-21-17-15-19-23-30-37-44-57(5)6)52-76-63(68)47-40-33-25-20-16-14-18-22-29-36-43-56(3)4/h56-61,66H,8-55H2,1-7H3,(H,71,72)(H,73,74)/t58?,59-,60-,61-/m1/s1. The Bertz CT molecular complexity index is 1670. The molecule has 0 aliphatic heterocycles. The van der Waals surface area contributed by atoms with Gasteiger partial charge < -0.3 is 33.8 Å². The number of phosphoric acid groups is 2. The van der Waals surface area contributed by atoms with Crippen LogP contribution in [0.3, 0.4) is 0 Å². The van der Waals surface area contributed by atoms with E-state index in [1.165, 1.54) is 122 Å². The predicted molar refractivity (Wildman–Crippen MR) is 335 cm³/mol. The fourth-order valence-corrected chi connectivity index (χ4v) is 11.2. The summed E-state index contributed by atoms with van der Waals surface area (Å²) in [6.07, 6.45) is 37.6. The Morgan fingerprint density at radius 3 is 0.905 bits per heavy atom. The number of aliphatic hydroxyl groups excluding tert-OH is 1. The molecule has 0 rings (SSSR count). The van der Waals surface area contributed by atoms with Crippen molar-refractivity contribution in [1.29, 1.82) is 0 Å². The van der Waals surface area contributed by atoms with Gasteiger partial charge in [0, 0.05) is 25.7 Å². The molecule has 0 radical (unpaired) electrons. The van der Waals surface area contributed by atoms with Gasteiger partial charge in [0.15, 0.2) is 12.2 Å². The van der Waals surface area contributed by atoms with Gasteiger partial charge in [-0.3, -0.25) is 37.3 Å². The molecule has 84 heavy (non-hydrogen) atoms. The van der Waals surface area contributed by atoms with Crippen LogP contribution in [0.2, 0.25) is 0 Å². The van der Waals surface area contributed by atoms with Crippen molar-refractivity contribution in [1.82, 2.24) is 0 Å². The highest BCUT2D eigenvalue weighted by Crippen LogP contribution is 2.45. The molecule has 0 aromatic carbocycles. The summed E-state index contributed by atoms with van der Waals surface area (Å²) in [7, 11) is -9.89. The third-order valence-electron chi connectivity index (χ3n) is 15.2. The second-order valence-electron chi connectivity index (χ2n) is 24.7. The molecule has 0 fully saturated rings. The number of hydrogen-bond acceptors (Lipinski definition) is 15. The van der Waals surface area contributed by atoms with Crippen molar-refractivity contribution in [2.45, 2.75) is 336 Å². The van der Waals surface area contributed by atoms with Crippen LogP contribution < -0.4 is 0 Å². The molecular formula is C65H126O17P2. The Morgan fingerprint density at radius 2 is 0.607 bits per heavy atom. The summed E-state index contributed by atoms with van der Waals surface area (Å²) in [6, 6.07) is 0. The van der Waals surface area contributed by atoms with Crippen LogP contribution in [0, 0.1) is 17.8 Å². The Balaban J connectivity index is 5.24. The van der Waals surface area contributed by atoms with E-state index in [0.717, 1.165) is 114 Å². The van der Waals surface area contributed by atoms with Gasteiger partial charge in [-0.25, -0.2) is 9.13 Å². The number of esters is 4. The van der Waals surface area contributed by atoms with E-state index in [2.05, 4.69) is 48.5 Å². The summed E-state index contributed by atoms with van der Waals surface area (Å²) in [4.78, 5) is 72.2. The molecule has 0 aromatic rings.